The molecular formula is C23H24N2O2. The highest BCUT2D eigenvalue weighted by atomic mass is 16.5. The maximum absolute atomic E-state index is 12.2. The molecule has 0 saturated heterocycles. The number of hydrogen-bond acceptors (Lipinski definition) is 3. The fraction of sp³-hybridized carbons (Fsp3) is 0.174. The number of carbonyl (C=O) groups is 1. The molecule has 0 aliphatic heterocycles. The van der Waals surface area contributed by atoms with E-state index < -0.39 is 0 Å². The normalized spacial score (nSPS) is 10.3. The van der Waals surface area contributed by atoms with E-state index >= 15 is 0 Å². The Balaban J connectivity index is 1.49. The summed E-state index contributed by atoms with van der Waals surface area (Å²) in [6.45, 7) is 2.84. The zero-order valence-corrected chi connectivity index (χ0v) is 15.7. The first-order valence-electron chi connectivity index (χ1n) is 8.99. The zero-order valence-electron chi connectivity index (χ0n) is 15.7. The molecule has 0 spiro atoms. The third-order valence-electron chi connectivity index (χ3n) is 4.36. The molecule has 0 aromatic heterocycles. The average molecular weight is 360 g/mol. The molecule has 0 unspecified atom stereocenters. The van der Waals surface area contributed by atoms with E-state index in [9.17, 15) is 4.79 Å². The molecule has 4 nitrogen and oxygen atoms in total. The van der Waals surface area contributed by atoms with Gasteiger partial charge in [0.2, 0.25) is 0 Å². The number of aryl methyl sites for hydroxylation is 1. The van der Waals surface area contributed by atoms with Gasteiger partial charge in [-0.05, 0) is 67.4 Å². The highest BCUT2D eigenvalue weighted by Gasteiger charge is 2.05. The van der Waals surface area contributed by atoms with Crippen LogP contribution >= 0.6 is 0 Å². The smallest absolute Gasteiger partial charge is 0.255 e. The zero-order chi connectivity index (χ0) is 19.1. The molecule has 0 fully saturated rings. The number of ether oxygens (including phenoxy) is 1. The van der Waals surface area contributed by atoms with E-state index in [1.807, 2.05) is 67.6 Å². The van der Waals surface area contributed by atoms with E-state index in [1.165, 1.54) is 5.56 Å². The van der Waals surface area contributed by atoms with Gasteiger partial charge >= 0.3 is 0 Å². The Labute approximate surface area is 160 Å². The summed E-state index contributed by atoms with van der Waals surface area (Å²) in [5.41, 5.74) is 4.85. The number of nitrogens with one attached hydrogen (secondary N) is 2. The summed E-state index contributed by atoms with van der Waals surface area (Å²) in [6.07, 6.45) is 0.926. The molecule has 2 N–H and O–H groups in total. The molecular weight excluding hydrogens is 336 g/mol. The van der Waals surface area contributed by atoms with E-state index in [4.69, 9.17) is 4.74 Å². The molecule has 3 rings (SSSR count). The van der Waals surface area contributed by atoms with Gasteiger partial charge in [-0.3, -0.25) is 4.79 Å². The lowest BCUT2D eigenvalue weighted by molar-refractivity contribution is 0.102. The van der Waals surface area contributed by atoms with E-state index in [-0.39, 0.29) is 5.91 Å². The minimum Gasteiger partial charge on any atom is -0.497 e. The quantitative estimate of drug-likeness (QED) is 0.629. The predicted octanol–water partition coefficient (Wildman–Crippen LogP) is 4.91. The van der Waals surface area contributed by atoms with Crippen molar-refractivity contribution in [3.8, 4) is 5.75 Å². The first kappa shape index (κ1) is 18.5. The van der Waals surface area contributed by atoms with Crippen molar-refractivity contribution in [2.24, 2.45) is 0 Å². The Kier molecular flexibility index (Phi) is 6.10. The molecule has 1 amide bonds. The van der Waals surface area contributed by atoms with Gasteiger partial charge in [0.1, 0.15) is 5.75 Å². The van der Waals surface area contributed by atoms with Gasteiger partial charge in [0.25, 0.3) is 5.91 Å². The van der Waals surface area contributed by atoms with Crippen LogP contribution in [-0.4, -0.2) is 19.6 Å². The molecule has 4 heteroatoms. The first-order valence-corrected chi connectivity index (χ1v) is 8.99. The van der Waals surface area contributed by atoms with Gasteiger partial charge in [-0.15, -0.1) is 0 Å². The summed E-state index contributed by atoms with van der Waals surface area (Å²) in [7, 11) is 1.67. The Hall–Kier alpha value is -3.27. The van der Waals surface area contributed by atoms with Crippen LogP contribution in [-0.2, 0) is 6.42 Å². The van der Waals surface area contributed by atoms with Crippen molar-refractivity contribution in [3.05, 3.63) is 89.5 Å². The molecule has 0 aliphatic carbocycles. The Morgan fingerprint density at radius 1 is 0.852 bits per heavy atom. The Morgan fingerprint density at radius 3 is 2.11 bits per heavy atom. The number of methoxy groups -OCH3 is 1. The van der Waals surface area contributed by atoms with Gasteiger partial charge in [0.05, 0.1) is 7.11 Å². The monoisotopic (exact) mass is 360 g/mol. The van der Waals surface area contributed by atoms with Crippen LogP contribution in [0.1, 0.15) is 21.5 Å². The van der Waals surface area contributed by atoms with Crippen molar-refractivity contribution >= 4 is 17.3 Å². The standard InChI is InChI=1S/C23H24N2O2/c1-17-3-7-19(8-4-17)23(26)25-21-11-9-20(10-12-21)24-16-15-18-5-13-22(27-2)14-6-18/h3-14,24H,15-16H2,1-2H3,(H,25,26). The van der Waals surface area contributed by atoms with Crippen molar-refractivity contribution < 1.29 is 9.53 Å². The maximum atomic E-state index is 12.2. The van der Waals surface area contributed by atoms with Crippen LogP contribution in [0, 0.1) is 6.92 Å². The van der Waals surface area contributed by atoms with Gasteiger partial charge in [-0.25, -0.2) is 0 Å². The van der Waals surface area contributed by atoms with Crippen molar-refractivity contribution in [2.45, 2.75) is 13.3 Å². The van der Waals surface area contributed by atoms with Gasteiger partial charge in [0, 0.05) is 23.5 Å². The van der Waals surface area contributed by atoms with E-state index in [1.54, 1.807) is 7.11 Å². The van der Waals surface area contributed by atoms with Gasteiger partial charge in [-0.2, -0.15) is 0 Å². The van der Waals surface area contributed by atoms with E-state index in [0.717, 1.165) is 35.7 Å². The second-order valence-electron chi connectivity index (χ2n) is 6.42. The van der Waals surface area contributed by atoms with E-state index in [0.29, 0.717) is 5.56 Å². The topological polar surface area (TPSA) is 50.4 Å². The van der Waals surface area contributed by atoms with Crippen LogP contribution in [0.3, 0.4) is 0 Å². The Morgan fingerprint density at radius 2 is 1.48 bits per heavy atom. The summed E-state index contributed by atoms with van der Waals surface area (Å²) in [5, 5.41) is 6.32. The Bertz CT molecular complexity index is 870. The third-order valence-corrected chi connectivity index (χ3v) is 4.36. The maximum Gasteiger partial charge on any atom is 0.255 e. The second-order valence-corrected chi connectivity index (χ2v) is 6.42. The largest absolute Gasteiger partial charge is 0.497 e. The molecule has 0 bridgehead atoms. The lowest BCUT2D eigenvalue weighted by Gasteiger charge is -2.09. The van der Waals surface area contributed by atoms with Crippen molar-refractivity contribution in [3.63, 3.8) is 0 Å². The molecule has 0 radical (unpaired) electrons. The fourth-order valence-corrected chi connectivity index (χ4v) is 2.72. The van der Waals surface area contributed by atoms with Crippen molar-refractivity contribution in [1.82, 2.24) is 0 Å². The first-order chi connectivity index (χ1) is 13.1. The molecule has 3 aromatic rings. The summed E-state index contributed by atoms with van der Waals surface area (Å²) in [5.74, 6) is 0.769. The summed E-state index contributed by atoms with van der Waals surface area (Å²) in [6, 6.07) is 23.4. The van der Waals surface area contributed by atoms with Crippen molar-refractivity contribution in [2.75, 3.05) is 24.3 Å². The molecule has 0 saturated carbocycles. The molecule has 27 heavy (non-hydrogen) atoms. The van der Waals surface area contributed by atoms with Crippen LogP contribution in [0.4, 0.5) is 11.4 Å². The molecule has 0 atom stereocenters. The second kappa shape index (κ2) is 8.90. The van der Waals surface area contributed by atoms with Crippen LogP contribution in [0.5, 0.6) is 5.75 Å². The predicted molar refractivity (Wildman–Crippen MR) is 111 cm³/mol. The minimum absolute atomic E-state index is 0.102. The van der Waals surface area contributed by atoms with Gasteiger partial charge in [0.15, 0.2) is 0 Å². The number of hydrogen-bond donors (Lipinski definition) is 2. The van der Waals surface area contributed by atoms with Crippen LogP contribution in [0.2, 0.25) is 0 Å². The average Bonchev–Trinajstić information content (AvgIpc) is 2.70. The molecule has 3 aromatic carbocycles. The number of amides is 1. The number of rotatable bonds is 7. The number of anilines is 2. The van der Waals surface area contributed by atoms with Crippen LogP contribution in [0.25, 0.3) is 0 Å². The summed E-state index contributed by atoms with van der Waals surface area (Å²) < 4.78 is 5.17. The van der Waals surface area contributed by atoms with Gasteiger partial charge < -0.3 is 15.4 Å². The van der Waals surface area contributed by atoms with Crippen LogP contribution < -0.4 is 15.4 Å². The summed E-state index contributed by atoms with van der Waals surface area (Å²) >= 11 is 0. The number of carbonyl (C=O) groups excluding carboxylic acids is 1. The molecule has 138 valence electrons. The lowest BCUT2D eigenvalue weighted by Crippen LogP contribution is -2.11. The minimum atomic E-state index is -0.102. The highest BCUT2D eigenvalue weighted by molar-refractivity contribution is 6.04. The van der Waals surface area contributed by atoms with Crippen LogP contribution in [0.15, 0.2) is 72.8 Å². The SMILES string of the molecule is COc1ccc(CCNc2ccc(NC(=O)c3ccc(C)cc3)cc2)cc1. The fourth-order valence-electron chi connectivity index (χ4n) is 2.72. The van der Waals surface area contributed by atoms with E-state index in [2.05, 4.69) is 22.8 Å². The number of benzene rings is 3. The summed E-state index contributed by atoms with van der Waals surface area (Å²) in [4.78, 5) is 12.2. The third kappa shape index (κ3) is 5.35. The molecule has 0 aliphatic rings. The highest BCUT2D eigenvalue weighted by Crippen LogP contribution is 2.16. The lowest BCUT2D eigenvalue weighted by atomic mass is 10.1. The van der Waals surface area contributed by atoms with Gasteiger partial charge in [-0.1, -0.05) is 29.8 Å². The molecule has 0 heterocycles. The van der Waals surface area contributed by atoms with Crippen molar-refractivity contribution in [1.29, 1.82) is 0 Å².